The maximum absolute atomic E-state index is 10.5. The van der Waals surface area contributed by atoms with Crippen molar-refractivity contribution in [3.05, 3.63) is 23.8 Å². The number of hydrogen-bond acceptors (Lipinski definition) is 4. The molecule has 4 N–H and O–H groups in total. The molecule has 0 aliphatic heterocycles. The first kappa shape index (κ1) is 10.5. The second-order valence-electron chi connectivity index (χ2n) is 2.90. The zero-order chi connectivity index (χ0) is 10.4. The highest BCUT2D eigenvalue weighted by Gasteiger charge is 1.99. The summed E-state index contributed by atoms with van der Waals surface area (Å²) in [7, 11) is 0. The molecule has 4 nitrogen and oxygen atoms in total. The van der Waals surface area contributed by atoms with Crippen molar-refractivity contribution in [3.63, 3.8) is 0 Å². The Hall–Kier alpha value is -1.55. The van der Waals surface area contributed by atoms with E-state index in [0.29, 0.717) is 30.2 Å². The summed E-state index contributed by atoms with van der Waals surface area (Å²) < 4.78 is 5.35. The molecule has 0 atom stereocenters. The molecule has 14 heavy (non-hydrogen) atoms. The van der Waals surface area contributed by atoms with Crippen LogP contribution in [-0.2, 0) is 0 Å². The van der Waals surface area contributed by atoms with Crippen LogP contribution in [0.15, 0.2) is 18.2 Å². The molecule has 0 radical (unpaired) electrons. The van der Waals surface area contributed by atoms with Crippen molar-refractivity contribution in [3.8, 4) is 5.75 Å². The minimum Gasteiger partial charge on any atom is -0.493 e. The first-order valence-corrected chi connectivity index (χ1v) is 4.45. The van der Waals surface area contributed by atoms with Gasteiger partial charge in [0.05, 0.1) is 6.61 Å². The Kier molecular flexibility index (Phi) is 3.94. The molecule has 1 aromatic rings. The smallest absolute Gasteiger partial charge is 0.152 e. The summed E-state index contributed by atoms with van der Waals surface area (Å²) in [6.07, 6.45) is 1.52. The highest BCUT2D eigenvalue weighted by atomic mass is 16.5. The van der Waals surface area contributed by atoms with E-state index in [1.54, 1.807) is 18.2 Å². The molecule has 0 amide bonds. The number of nitrogen functional groups attached to an aromatic ring is 1. The molecule has 0 spiro atoms. The van der Waals surface area contributed by atoms with Crippen molar-refractivity contribution in [2.75, 3.05) is 18.9 Å². The van der Waals surface area contributed by atoms with Gasteiger partial charge in [-0.3, -0.25) is 4.79 Å². The second-order valence-corrected chi connectivity index (χ2v) is 2.90. The Morgan fingerprint density at radius 1 is 1.43 bits per heavy atom. The molecule has 0 saturated carbocycles. The average Bonchev–Trinajstić information content (AvgIpc) is 2.18. The Bertz CT molecular complexity index is 313. The predicted molar refractivity (Wildman–Crippen MR) is 55.4 cm³/mol. The fourth-order valence-corrected chi connectivity index (χ4v) is 1.02. The molecule has 0 saturated heterocycles. The number of aldehydes is 1. The molecule has 1 rings (SSSR count). The Labute approximate surface area is 82.8 Å². The molecule has 0 aliphatic rings. The molecule has 0 aliphatic carbocycles. The van der Waals surface area contributed by atoms with Crippen LogP contribution in [0, 0.1) is 0 Å². The highest BCUT2D eigenvalue weighted by molar-refractivity contribution is 5.83. The lowest BCUT2D eigenvalue weighted by Crippen LogP contribution is -2.06. The van der Waals surface area contributed by atoms with Crippen LogP contribution in [0.4, 0.5) is 5.69 Å². The van der Waals surface area contributed by atoms with E-state index in [4.69, 9.17) is 16.2 Å². The van der Waals surface area contributed by atoms with E-state index >= 15 is 0 Å². The van der Waals surface area contributed by atoms with Crippen LogP contribution in [0.5, 0.6) is 5.75 Å². The molecule has 0 aromatic heterocycles. The van der Waals surface area contributed by atoms with Gasteiger partial charge in [0.2, 0.25) is 0 Å². The fourth-order valence-electron chi connectivity index (χ4n) is 1.02. The van der Waals surface area contributed by atoms with Gasteiger partial charge in [-0.05, 0) is 25.1 Å². The van der Waals surface area contributed by atoms with Crippen molar-refractivity contribution >= 4 is 12.0 Å². The van der Waals surface area contributed by atoms with Crippen LogP contribution < -0.4 is 16.2 Å². The number of ether oxygens (including phenoxy) is 1. The van der Waals surface area contributed by atoms with Crippen LogP contribution in [-0.4, -0.2) is 19.4 Å². The number of anilines is 1. The van der Waals surface area contributed by atoms with Gasteiger partial charge < -0.3 is 16.2 Å². The summed E-state index contributed by atoms with van der Waals surface area (Å²) in [5.41, 5.74) is 11.8. The number of carbonyl (C=O) groups excluding carboxylic acids is 1. The van der Waals surface area contributed by atoms with Gasteiger partial charge in [-0.1, -0.05) is 0 Å². The van der Waals surface area contributed by atoms with Gasteiger partial charge in [0, 0.05) is 17.3 Å². The quantitative estimate of drug-likeness (QED) is 0.413. The topological polar surface area (TPSA) is 78.3 Å². The molecule has 76 valence electrons. The van der Waals surface area contributed by atoms with Gasteiger partial charge in [-0.15, -0.1) is 0 Å². The van der Waals surface area contributed by atoms with E-state index in [1.807, 2.05) is 0 Å². The summed E-state index contributed by atoms with van der Waals surface area (Å²) in [6, 6.07) is 5.00. The van der Waals surface area contributed by atoms with Gasteiger partial charge in [-0.25, -0.2) is 0 Å². The zero-order valence-electron chi connectivity index (χ0n) is 7.90. The van der Waals surface area contributed by atoms with E-state index in [0.717, 1.165) is 12.7 Å². The van der Waals surface area contributed by atoms with E-state index in [9.17, 15) is 4.79 Å². The predicted octanol–water partition coefficient (Wildman–Crippen LogP) is 0.809. The monoisotopic (exact) mass is 194 g/mol. The molecule has 0 heterocycles. The molecular formula is C10H14N2O2. The fraction of sp³-hybridized carbons (Fsp3) is 0.300. The second kappa shape index (κ2) is 5.24. The van der Waals surface area contributed by atoms with Crippen molar-refractivity contribution in [1.82, 2.24) is 0 Å². The van der Waals surface area contributed by atoms with Crippen LogP contribution in [0.1, 0.15) is 16.8 Å². The zero-order valence-corrected chi connectivity index (χ0v) is 7.90. The summed E-state index contributed by atoms with van der Waals surface area (Å²) in [5.74, 6) is 0.668. The van der Waals surface area contributed by atoms with E-state index in [1.165, 1.54) is 0 Å². The Morgan fingerprint density at radius 3 is 2.79 bits per heavy atom. The van der Waals surface area contributed by atoms with E-state index in [2.05, 4.69) is 0 Å². The summed E-state index contributed by atoms with van der Waals surface area (Å²) in [5, 5.41) is 0. The van der Waals surface area contributed by atoms with Gasteiger partial charge in [0.25, 0.3) is 0 Å². The van der Waals surface area contributed by atoms with Gasteiger partial charge in [0.1, 0.15) is 5.75 Å². The molecule has 1 aromatic carbocycles. The third-order valence-corrected chi connectivity index (χ3v) is 1.80. The summed E-state index contributed by atoms with van der Waals surface area (Å²) >= 11 is 0. The normalized spacial score (nSPS) is 9.79. The lowest BCUT2D eigenvalue weighted by molar-refractivity contribution is 0.112. The highest BCUT2D eigenvalue weighted by Crippen LogP contribution is 2.18. The van der Waals surface area contributed by atoms with Gasteiger partial charge >= 0.3 is 0 Å². The summed E-state index contributed by atoms with van der Waals surface area (Å²) in [6.45, 7) is 1.16. The van der Waals surface area contributed by atoms with E-state index < -0.39 is 0 Å². The maximum Gasteiger partial charge on any atom is 0.152 e. The van der Waals surface area contributed by atoms with Gasteiger partial charge in [-0.2, -0.15) is 0 Å². The largest absolute Gasteiger partial charge is 0.493 e. The first-order valence-electron chi connectivity index (χ1n) is 4.45. The first-order chi connectivity index (χ1) is 6.77. The molecule has 0 unspecified atom stereocenters. The lowest BCUT2D eigenvalue weighted by Gasteiger charge is -2.06. The Balaban J connectivity index is 2.62. The maximum atomic E-state index is 10.5. The molecule has 0 bridgehead atoms. The minimum absolute atomic E-state index is 0.435. The van der Waals surface area contributed by atoms with Crippen molar-refractivity contribution in [1.29, 1.82) is 0 Å². The average molecular weight is 194 g/mol. The number of benzene rings is 1. The lowest BCUT2D eigenvalue weighted by atomic mass is 10.2. The number of hydrogen-bond donors (Lipinski definition) is 2. The van der Waals surface area contributed by atoms with Crippen LogP contribution in [0.3, 0.4) is 0 Å². The third kappa shape index (κ3) is 2.74. The minimum atomic E-state index is 0.435. The van der Waals surface area contributed by atoms with Crippen molar-refractivity contribution in [2.45, 2.75) is 6.42 Å². The van der Waals surface area contributed by atoms with Crippen LogP contribution in [0.2, 0.25) is 0 Å². The standard InChI is InChI=1S/C10H14N2O2/c11-4-1-5-14-9-3-2-8(7-13)10(12)6-9/h2-3,6-7H,1,4-5,11-12H2. The summed E-state index contributed by atoms with van der Waals surface area (Å²) in [4.78, 5) is 10.5. The molecule has 4 heteroatoms. The number of carbonyl (C=O) groups is 1. The third-order valence-electron chi connectivity index (χ3n) is 1.80. The van der Waals surface area contributed by atoms with Crippen molar-refractivity contribution < 1.29 is 9.53 Å². The number of rotatable bonds is 5. The number of nitrogens with two attached hydrogens (primary N) is 2. The van der Waals surface area contributed by atoms with E-state index in [-0.39, 0.29) is 0 Å². The molecule has 0 fully saturated rings. The SMILES string of the molecule is NCCCOc1ccc(C=O)c(N)c1. The van der Waals surface area contributed by atoms with Crippen LogP contribution >= 0.6 is 0 Å². The Morgan fingerprint density at radius 2 is 2.21 bits per heavy atom. The van der Waals surface area contributed by atoms with Crippen LogP contribution in [0.25, 0.3) is 0 Å². The molecular weight excluding hydrogens is 180 g/mol. The van der Waals surface area contributed by atoms with Gasteiger partial charge in [0.15, 0.2) is 6.29 Å². The van der Waals surface area contributed by atoms with Crippen molar-refractivity contribution in [2.24, 2.45) is 5.73 Å².